The molecule has 0 atom stereocenters. The summed E-state index contributed by atoms with van der Waals surface area (Å²) in [5.74, 6) is 0. The summed E-state index contributed by atoms with van der Waals surface area (Å²) in [6.45, 7) is 3.61. The molecule has 0 saturated carbocycles. The summed E-state index contributed by atoms with van der Waals surface area (Å²) in [6, 6.07) is 9.40. The molecule has 25 heavy (non-hydrogen) atoms. The second-order valence-corrected chi connectivity index (χ2v) is 6.81. The van der Waals surface area contributed by atoms with Crippen molar-refractivity contribution in [2.24, 2.45) is 0 Å². The van der Waals surface area contributed by atoms with E-state index in [2.05, 4.69) is 15.2 Å². The van der Waals surface area contributed by atoms with Crippen LogP contribution in [-0.4, -0.2) is 48.6 Å². The van der Waals surface area contributed by atoms with Crippen molar-refractivity contribution in [3.8, 4) is 0 Å². The van der Waals surface area contributed by atoms with E-state index in [9.17, 15) is 4.79 Å². The number of halogens is 2. The first-order valence-electron chi connectivity index (χ1n) is 8.24. The summed E-state index contributed by atoms with van der Waals surface area (Å²) in [4.78, 5) is 20.4. The van der Waals surface area contributed by atoms with Crippen molar-refractivity contribution in [2.75, 3.05) is 37.6 Å². The molecule has 0 unspecified atom stereocenters. The summed E-state index contributed by atoms with van der Waals surface area (Å²) in [7, 11) is 0. The molecule has 2 heterocycles. The molecule has 1 saturated heterocycles. The fourth-order valence-corrected chi connectivity index (χ4v) is 3.47. The fourth-order valence-electron chi connectivity index (χ4n) is 2.90. The molecule has 5 nitrogen and oxygen atoms in total. The quantitative estimate of drug-likeness (QED) is 0.885. The highest BCUT2D eigenvalue weighted by Crippen LogP contribution is 2.19. The van der Waals surface area contributed by atoms with Crippen molar-refractivity contribution in [1.82, 2.24) is 15.2 Å². The van der Waals surface area contributed by atoms with Crippen LogP contribution in [0.1, 0.15) is 5.56 Å². The highest BCUT2D eigenvalue weighted by molar-refractivity contribution is 6.34. The maximum Gasteiger partial charge on any atom is 0.317 e. The molecule has 3 rings (SSSR count). The molecule has 0 spiro atoms. The van der Waals surface area contributed by atoms with Crippen LogP contribution >= 0.6 is 23.2 Å². The van der Waals surface area contributed by atoms with E-state index in [-0.39, 0.29) is 6.03 Å². The van der Waals surface area contributed by atoms with Crippen LogP contribution in [0.4, 0.5) is 10.5 Å². The zero-order chi connectivity index (χ0) is 17.6. The van der Waals surface area contributed by atoms with E-state index >= 15 is 0 Å². The van der Waals surface area contributed by atoms with Crippen LogP contribution in [0.15, 0.2) is 42.7 Å². The lowest BCUT2D eigenvalue weighted by Gasteiger charge is -2.36. The second kappa shape index (κ2) is 8.41. The van der Waals surface area contributed by atoms with Crippen LogP contribution in [0.5, 0.6) is 0 Å². The minimum Gasteiger partial charge on any atom is -0.368 e. The molecule has 2 amide bonds. The third-order valence-electron chi connectivity index (χ3n) is 4.21. The molecule has 0 aliphatic carbocycles. The van der Waals surface area contributed by atoms with Gasteiger partial charge in [0.25, 0.3) is 0 Å². The van der Waals surface area contributed by atoms with Crippen LogP contribution in [-0.2, 0) is 6.42 Å². The lowest BCUT2D eigenvalue weighted by Crippen LogP contribution is -2.52. The van der Waals surface area contributed by atoms with Gasteiger partial charge in [0.1, 0.15) is 0 Å². The third kappa shape index (κ3) is 5.00. The Morgan fingerprint density at radius 1 is 1.04 bits per heavy atom. The Hall–Kier alpha value is -1.98. The Morgan fingerprint density at radius 2 is 1.68 bits per heavy atom. The zero-order valence-corrected chi connectivity index (χ0v) is 15.3. The Morgan fingerprint density at radius 3 is 2.32 bits per heavy atom. The van der Waals surface area contributed by atoms with E-state index in [1.165, 1.54) is 0 Å². The number of nitrogens with one attached hydrogen (secondary N) is 1. The van der Waals surface area contributed by atoms with Crippen molar-refractivity contribution in [3.63, 3.8) is 0 Å². The molecule has 0 bridgehead atoms. The molecule has 7 heteroatoms. The van der Waals surface area contributed by atoms with Crippen molar-refractivity contribution < 1.29 is 4.79 Å². The van der Waals surface area contributed by atoms with Gasteiger partial charge in [-0.25, -0.2) is 4.79 Å². The molecule has 0 radical (unpaired) electrons. The van der Waals surface area contributed by atoms with E-state index in [4.69, 9.17) is 23.2 Å². The molecule has 1 N–H and O–H groups in total. The summed E-state index contributed by atoms with van der Waals surface area (Å²) in [5, 5.41) is 4.19. The lowest BCUT2D eigenvalue weighted by atomic mass is 10.1. The molecular formula is C18H20Cl2N4O. The van der Waals surface area contributed by atoms with Gasteiger partial charge in [-0.05, 0) is 42.3 Å². The smallest absolute Gasteiger partial charge is 0.317 e. The molecular weight excluding hydrogens is 359 g/mol. The molecule has 2 aromatic rings. The number of aromatic nitrogens is 1. The van der Waals surface area contributed by atoms with Gasteiger partial charge in [0.05, 0.1) is 0 Å². The summed E-state index contributed by atoms with van der Waals surface area (Å²) >= 11 is 12.0. The minimum atomic E-state index is -0.0255. The predicted octanol–water partition coefficient (Wildman–Crippen LogP) is 3.46. The number of amides is 2. The Kier molecular flexibility index (Phi) is 6.00. The van der Waals surface area contributed by atoms with Crippen molar-refractivity contribution in [1.29, 1.82) is 0 Å². The van der Waals surface area contributed by atoms with Crippen molar-refractivity contribution >= 4 is 34.9 Å². The standard InChI is InChI=1S/C18H20Cl2N4O/c19-15-11-14(12-16(20)13-15)1-6-22-18(25)24-9-7-23(8-10-24)17-2-4-21-5-3-17/h2-5,11-13H,1,6-10H2,(H,22,25). The van der Waals surface area contributed by atoms with Gasteiger partial charge >= 0.3 is 6.03 Å². The second-order valence-electron chi connectivity index (χ2n) is 5.94. The van der Waals surface area contributed by atoms with E-state index in [0.717, 1.165) is 24.3 Å². The molecule has 1 aromatic carbocycles. The number of nitrogens with zero attached hydrogens (tertiary/aromatic N) is 3. The van der Waals surface area contributed by atoms with E-state index < -0.39 is 0 Å². The normalized spacial score (nSPS) is 14.5. The highest BCUT2D eigenvalue weighted by Gasteiger charge is 2.20. The van der Waals surface area contributed by atoms with Gasteiger partial charge in [-0.3, -0.25) is 4.98 Å². The molecule has 1 aromatic heterocycles. The summed E-state index contributed by atoms with van der Waals surface area (Å²) in [5.41, 5.74) is 2.16. The third-order valence-corrected chi connectivity index (χ3v) is 4.64. The van der Waals surface area contributed by atoms with Gasteiger partial charge in [0, 0.05) is 60.9 Å². The van der Waals surface area contributed by atoms with Crippen molar-refractivity contribution in [2.45, 2.75) is 6.42 Å². The van der Waals surface area contributed by atoms with Gasteiger partial charge < -0.3 is 15.1 Å². The molecule has 1 aliphatic rings. The number of rotatable bonds is 4. The molecule has 132 valence electrons. The predicted molar refractivity (Wildman–Crippen MR) is 102 cm³/mol. The minimum absolute atomic E-state index is 0.0255. The number of anilines is 1. The summed E-state index contributed by atoms with van der Waals surface area (Å²) < 4.78 is 0. The van der Waals surface area contributed by atoms with Crippen LogP contribution in [0.3, 0.4) is 0 Å². The lowest BCUT2D eigenvalue weighted by molar-refractivity contribution is 0.194. The largest absolute Gasteiger partial charge is 0.368 e. The number of hydrogen-bond donors (Lipinski definition) is 1. The summed E-state index contributed by atoms with van der Waals surface area (Å²) in [6.07, 6.45) is 4.27. The van der Waals surface area contributed by atoms with Crippen LogP contribution in [0, 0.1) is 0 Å². The first-order valence-corrected chi connectivity index (χ1v) is 9.00. The van der Waals surface area contributed by atoms with Gasteiger partial charge in [-0.2, -0.15) is 0 Å². The maximum atomic E-state index is 12.3. The van der Waals surface area contributed by atoms with Gasteiger partial charge in [-0.15, -0.1) is 0 Å². The number of pyridine rings is 1. The average molecular weight is 379 g/mol. The molecule has 1 aliphatic heterocycles. The Labute approximate surface area is 157 Å². The van der Waals surface area contributed by atoms with E-state index in [0.29, 0.717) is 36.1 Å². The first kappa shape index (κ1) is 17.8. The fraction of sp³-hybridized carbons (Fsp3) is 0.333. The number of urea groups is 1. The van der Waals surface area contributed by atoms with E-state index in [1.54, 1.807) is 18.5 Å². The first-order chi connectivity index (χ1) is 12.1. The highest BCUT2D eigenvalue weighted by atomic mass is 35.5. The monoisotopic (exact) mass is 378 g/mol. The Balaban J connectivity index is 1.43. The SMILES string of the molecule is O=C(NCCc1cc(Cl)cc(Cl)c1)N1CCN(c2ccncc2)CC1. The molecule has 1 fully saturated rings. The topological polar surface area (TPSA) is 48.5 Å². The maximum absolute atomic E-state index is 12.3. The number of carbonyl (C=O) groups is 1. The average Bonchev–Trinajstić information content (AvgIpc) is 2.62. The van der Waals surface area contributed by atoms with E-state index in [1.807, 2.05) is 29.2 Å². The number of benzene rings is 1. The van der Waals surface area contributed by atoms with Crippen molar-refractivity contribution in [3.05, 3.63) is 58.3 Å². The Bertz CT molecular complexity index is 698. The van der Waals surface area contributed by atoms with Gasteiger partial charge in [0.15, 0.2) is 0 Å². The van der Waals surface area contributed by atoms with Gasteiger partial charge in [0.2, 0.25) is 0 Å². The number of piperazine rings is 1. The van der Waals surface area contributed by atoms with Crippen LogP contribution in [0.2, 0.25) is 10.0 Å². The number of hydrogen-bond acceptors (Lipinski definition) is 3. The zero-order valence-electron chi connectivity index (χ0n) is 13.8. The number of carbonyl (C=O) groups excluding carboxylic acids is 1. The van der Waals surface area contributed by atoms with Gasteiger partial charge in [-0.1, -0.05) is 23.2 Å². The van der Waals surface area contributed by atoms with Crippen LogP contribution in [0.25, 0.3) is 0 Å². The van der Waals surface area contributed by atoms with Crippen LogP contribution < -0.4 is 10.2 Å².